The Labute approximate surface area is 95.8 Å². The van der Waals surface area contributed by atoms with Crippen LogP contribution in [0.15, 0.2) is 6.20 Å². The van der Waals surface area contributed by atoms with Gasteiger partial charge in [-0.05, 0) is 31.2 Å². The van der Waals surface area contributed by atoms with Crippen LogP contribution >= 0.6 is 0 Å². The molecule has 1 aliphatic rings. The number of amides is 1. The smallest absolute Gasteiger partial charge is 0.298 e. The van der Waals surface area contributed by atoms with Crippen molar-refractivity contribution in [2.45, 2.75) is 25.7 Å². The van der Waals surface area contributed by atoms with Crippen molar-refractivity contribution in [3.63, 3.8) is 0 Å². The van der Waals surface area contributed by atoms with Crippen LogP contribution in [0, 0.1) is 11.8 Å². The number of carbonyl (C=O) groups excluding carboxylic acids is 1. The highest BCUT2D eigenvalue weighted by atomic mass is 16.2. The third-order valence-corrected chi connectivity index (χ3v) is 2.89. The quantitative estimate of drug-likeness (QED) is 0.653. The number of carbonyl (C=O) groups is 1. The lowest BCUT2D eigenvalue weighted by atomic mass is 9.95. The largest absolute Gasteiger partial charge is 0.364 e. The Morgan fingerprint density at radius 1 is 1.38 bits per heavy atom. The predicted molar refractivity (Wildman–Crippen MR) is 63.0 cm³/mol. The van der Waals surface area contributed by atoms with Crippen molar-refractivity contribution >= 4 is 5.91 Å². The van der Waals surface area contributed by atoms with E-state index in [2.05, 4.69) is 16.8 Å². The van der Waals surface area contributed by atoms with E-state index < -0.39 is 0 Å². The third-order valence-electron chi connectivity index (χ3n) is 2.89. The lowest BCUT2D eigenvalue weighted by molar-refractivity contribution is -0.122. The average molecular weight is 216 g/mol. The van der Waals surface area contributed by atoms with Crippen molar-refractivity contribution in [1.82, 2.24) is 9.88 Å². The van der Waals surface area contributed by atoms with Gasteiger partial charge in [-0.2, -0.15) is 0 Å². The minimum atomic E-state index is -0.147. The van der Waals surface area contributed by atoms with Gasteiger partial charge in [-0.3, -0.25) is 4.79 Å². The number of H-pyrrole nitrogens is 1. The molecule has 1 heterocycles. The van der Waals surface area contributed by atoms with Gasteiger partial charge >= 0.3 is 0 Å². The Kier molecular flexibility index (Phi) is 3.00. The number of nitrogens with zero attached hydrogens (tertiary/aromatic N) is 1. The average Bonchev–Trinajstić information content (AvgIpc) is 2.69. The van der Waals surface area contributed by atoms with Crippen molar-refractivity contribution in [2.75, 3.05) is 14.1 Å². The predicted octanol–water partition coefficient (Wildman–Crippen LogP) is 1.33. The summed E-state index contributed by atoms with van der Waals surface area (Å²) in [6, 6.07) is 0. The molecule has 0 aromatic carbocycles. The van der Waals surface area contributed by atoms with E-state index in [1.807, 2.05) is 6.20 Å². The fourth-order valence-corrected chi connectivity index (χ4v) is 1.95. The Morgan fingerprint density at radius 3 is 2.88 bits per heavy atom. The van der Waals surface area contributed by atoms with Crippen LogP contribution in [0.4, 0.5) is 0 Å². The Morgan fingerprint density at radius 2 is 2.12 bits per heavy atom. The molecular formula is C13H16N2O. The van der Waals surface area contributed by atoms with Crippen LogP contribution in [0.2, 0.25) is 0 Å². The summed E-state index contributed by atoms with van der Waals surface area (Å²) in [6.07, 6.45) is 6.59. The van der Waals surface area contributed by atoms with Crippen molar-refractivity contribution in [1.29, 1.82) is 0 Å². The second-order valence-electron chi connectivity index (χ2n) is 4.32. The van der Waals surface area contributed by atoms with Crippen molar-refractivity contribution in [2.24, 2.45) is 0 Å². The molecule has 1 aromatic heterocycles. The Balaban J connectivity index is 2.22. The molecule has 0 unspecified atom stereocenters. The highest BCUT2D eigenvalue weighted by Crippen LogP contribution is 2.22. The molecule has 0 aliphatic heterocycles. The van der Waals surface area contributed by atoms with Crippen molar-refractivity contribution < 1.29 is 4.79 Å². The number of hydrogen-bond donors (Lipinski definition) is 1. The minimum Gasteiger partial charge on any atom is -0.364 e. The number of aromatic amines is 1. The van der Waals surface area contributed by atoms with Gasteiger partial charge in [-0.1, -0.05) is 5.92 Å². The summed E-state index contributed by atoms with van der Waals surface area (Å²) in [6.45, 7) is 0. The lowest BCUT2D eigenvalue weighted by Gasteiger charge is -2.10. The van der Waals surface area contributed by atoms with E-state index in [4.69, 9.17) is 0 Å². The summed E-state index contributed by atoms with van der Waals surface area (Å²) in [5.74, 6) is 5.47. The highest BCUT2D eigenvalue weighted by molar-refractivity contribution is 5.93. The van der Waals surface area contributed by atoms with Crippen LogP contribution in [0.1, 0.15) is 29.7 Å². The first kappa shape index (κ1) is 10.8. The molecule has 0 spiro atoms. The molecule has 1 aromatic rings. The zero-order valence-corrected chi connectivity index (χ0v) is 9.76. The fraction of sp³-hybridized carbons (Fsp3) is 0.462. The number of fused-ring (bicyclic) bond motifs is 1. The molecule has 1 aliphatic carbocycles. The van der Waals surface area contributed by atoms with E-state index in [1.165, 1.54) is 29.0 Å². The number of nitrogens with one attached hydrogen (secondary N) is 1. The molecule has 0 saturated carbocycles. The number of hydrogen-bond acceptors (Lipinski definition) is 1. The van der Waals surface area contributed by atoms with Crippen LogP contribution in [0.5, 0.6) is 0 Å². The maximum absolute atomic E-state index is 11.3. The summed E-state index contributed by atoms with van der Waals surface area (Å²) in [7, 11) is 3.42. The van der Waals surface area contributed by atoms with Crippen LogP contribution < -0.4 is 0 Å². The van der Waals surface area contributed by atoms with E-state index in [1.54, 1.807) is 14.1 Å². The molecule has 0 atom stereocenters. The monoisotopic (exact) mass is 216 g/mol. The van der Waals surface area contributed by atoms with Gasteiger partial charge in [0.2, 0.25) is 0 Å². The first-order chi connectivity index (χ1) is 7.68. The zero-order chi connectivity index (χ0) is 11.5. The van der Waals surface area contributed by atoms with Gasteiger partial charge in [0.15, 0.2) is 0 Å². The van der Waals surface area contributed by atoms with E-state index in [0.717, 1.165) is 18.4 Å². The van der Waals surface area contributed by atoms with Gasteiger partial charge in [-0.15, -0.1) is 0 Å². The normalized spacial score (nSPS) is 13.6. The molecule has 1 N–H and O–H groups in total. The van der Waals surface area contributed by atoms with Gasteiger partial charge in [0.25, 0.3) is 5.91 Å². The van der Waals surface area contributed by atoms with Crippen LogP contribution in [-0.4, -0.2) is 29.9 Å². The van der Waals surface area contributed by atoms with Gasteiger partial charge in [-0.25, -0.2) is 0 Å². The van der Waals surface area contributed by atoms with Crippen molar-refractivity contribution in [3.8, 4) is 11.8 Å². The second-order valence-corrected chi connectivity index (χ2v) is 4.32. The Bertz CT molecular complexity index is 460. The molecule has 84 valence electrons. The minimum absolute atomic E-state index is 0.147. The summed E-state index contributed by atoms with van der Waals surface area (Å²) in [5, 5.41) is 0. The van der Waals surface area contributed by atoms with E-state index >= 15 is 0 Å². The Hall–Kier alpha value is -1.69. The molecule has 1 amide bonds. The molecule has 3 heteroatoms. The maximum atomic E-state index is 11.3. The standard InChI is InChI=1S/C13H16N2O/c1-15(2)13(16)8-7-10-9-14-12-6-4-3-5-11(10)12/h9,14H,3-6H2,1-2H3. The lowest BCUT2D eigenvalue weighted by Crippen LogP contribution is -2.19. The molecule has 3 nitrogen and oxygen atoms in total. The number of rotatable bonds is 0. The van der Waals surface area contributed by atoms with E-state index in [-0.39, 0.29) is 5.91 Å². The molecular weight excluding hydrogens is 200 g/mol. The van der Waals surface area contributed by atoms with Gasteiger partial charge in [0, 0.05) is 37.5 Å². The van der Waals surface area contributed by atoms with E-state index in [9.17, 15) is 4.79 Å². The number of aromatic nitrogens is 1. The number of aryl methyl sites for hydroxylation is 1. The molecule has 0 saturated heterocycles. The van der Waals surface area contributed by atoms with Gasteiger partial charge in [0.1, 0.15) is 0 Å². The molecule has 0 bridgehead atoms. The topological polar surface area (TPSA) is 36.1 Å². The highest BCUT2D eigenvalue weighted by Gasteiger charge is 2.13. The zero-order valence-electron chi connectivity index (χ0n) is 9.76. The van der Waals surface area contributed by atoms with Gasteiger partial charge in [0.05, 0.1) is 0 Å². The van der Waals surface area contributed by atoms with Crippen LogP contribution in [0.3, 0.4) is 0 Å². The first-order valence-electron chi connectivity index (χ1n) is 5.61. The molecule has 2 rings (SSSR count). The first-order valence-corrected chi connectivity index (χ1v) is 5.61. The molecule has 0 radical (unpaired) electrons. The third kappa shape index (κ3) is 2.11. The fourth-order valence-electron chi connectivity index (χ4n) is 1.95. The summed E-state index contributed by atoms with van der Waals surface area (Å²) < 4.78 is 0. The summed E-state index contributed by atoms with van der Waals surface area (Å²) in [5.41, 5.74) is 3.60. The van der Waals surface area contributed by atoms with Crippen molar-refractivity contribution in [3.05, 3.63) is 23.0 Å². The molecule has 0 fully saturated rings. The maximum Gasteiger partial charge on any atom is 0.298 e. The second kappa shape index (κ2) is 4.44. The molecule has 16 heavy (non-hydrogen) atoms. The van der Waals surface area contributed by atoms with Crippen LogP contribution in [0.25, 0.3) is 0 Å². The SMILES string of the molecule is CN(C)C(=O)C#Cc1c[nH]c2c1CCCC2. The summed E-state index contributed by atoms with van der Waals surface area (Å²) in [4.78, 5) is 16.1. The van der Waals surface area contributed by atoms with Gasteiger partial charge < -0.3 is 9.88 Å². The van der Waals surface area contributed by atoms with Crippen LogP contribution in [-0.2, 0) is 17.6 Å². The van der Waals surface area contributed by atoms with E-state index in [0.29, 0.717) is 0 Å². The summed E-state index contributed by atoms with van der Waals surface area (Å²) >= 11 is 0.